The molecule has 0 aromatic carbocycles. The van der Waals surface area contributed by atoms with E-state index in [0.29, 0.717) is 5.92 Å². The molecular formula is C17H35N3O. The standard InChI is InChI=1S/C17H35N3O/c1-4-6-7-13-20(3)14-10-15-9-8-11-17(15,16(18)21)19-12-5-2/h15,19H,4-14H2,1-3H3,(H2,18,21). The van der Waals surface area contributed by atoms with Gasteiger partial charge in [0.05, 0.1) is 0 Å². The lowest BCUT2D eigenvalue weighted by Crippen LogP contribution is -2.58. The van der Waals surface area contributed by atoms with Crippen molar-refractivity contribution >= 4 is 5.91 Å². The van der Waals surface area contributed by atoms with Gasteiger partial charge in [0.25, 0.3) is 0 Å². The maximum absolute atomic E-state index is 12.0. The molecule has 3 N–H and O–H groups in total. The quantitative estimate of drug-likeness (QED) is 0.576. The first kappa shape index (κ1) is 18.4. The third-order valence-electron chi connectivity index (χ3n) is 4.95. The van der Waals surface area contributed by atoms with E-state index >= 15 is 0 Å². The number of carbonyl (C=O) groups excluding carboxylic acids is 1. The van der Waals surface area contributed by atoms with Gasteiger partial charge in [0.15, 0.2) is 0 Å². The van der Waals surface area contributed by atoms with Gasteiger partial charge in [-0.2, -0.15) is 0 Å². The van der Waals surface area contributed by atoms with Crippen LogP contribution in [0, 0.1) is 5.92 Å². The Kier molecular flexibility index (Phi) is 8.27. The van der Waals surface area contributed by atoms with Crippen LogP contribution in [-0.4, -0.2) is 43.0 Å². The summed E-state index contributed by atoms with van der Waals surface area (Å²) in [6, 6.07) is 0. The van der Waals surface area contributed by atoms with E-state index in [1.54, 1.807) is 0 Å². The number of rotatable bonds is 11. The number of primary amides is 1. The van der Waals surface area contributed by atoms with E-state index in [9.17, 15) is 4.79 Å². The van der Waals surface area contributed by atoms with Gasteiger partial charge in [-0.05, 0) is 64.7 Å². The molecule has 124 valence electrons. The second-order valence-electron chi connectivity index (χ2n) is 6.65. The van der Waals surface area contributed by atoms with Crippen LogP contribution < -0.4 is 11.1 Å². The summed E-state index contributed by atoms with van der Waals surface area (Å²) < 4.78 is 0. The highest BCUT2D eigenvalue weighted by Gasteiger charge is 2.46. The van der Waals surface area contributed by atoms with E-state index in [0.717, 1.165) is 51.7 Å². The van der Waals surface area contributed by atoms with Gasteiger partial charge in [0, 0.05) is 0 Å². The molecule has 0 aromatic rings. The van der Waals surface area contributed by atoms with Gasteiger partial charge < -0.3 is 16.0 Å². The molecule has 0 spiro atoms. The minimum Gasteiger partial charge on any atom is -0.368 e. The molecule has 0 aliphatic heterocycles. The van der Waals surface area contributed by atoms with Gasteiger partial charge in [-0.25, -0.2) is 0 Å². The second kappa shape index (κ2) is 9.42. The van der Waals surface area contributed by atoms with Crippen molar-refractivity contribution in [2.24, 2.45) is 11.7 Å². The highest BCUT2D eigenvalue weighted by molar-refractivity contribution is 5.85. The molecular weight excluding hydrogens is 262 g/mol. The molecule has 0 heterocycles. The first-order valence-corrected chi connectivity index (χ1v) is 8.80. The lowest BCUT2D eigenvalue weighted by Gasteiger charge is -2.34. The summed E-state index contributed by atoms with van der Waals surface area (Å²) in [5.74, 6) is 0.252. The Morgan fingerprint density at radius 2 is 2.05 bits per heavy atom. The van der Waals surface area contributed by atoms with Gasteiger partial charge >= 0.3 is 0 Å². The molecule has 0 radical (unpaired) electrons. The van der Waals surface area contributed by atoms with Crippen LogP contribution in [0.2, 0.25) is 0 Å². The molecule has 2 unspecified atom stereocenters. The summed E-state index contributed by atoms with van der Waals surface area (Å²) in [7, 11) is 2.19. The summed E-state index contributed by atoms with van der Waals surface area (Å²) in [6.07, 6.45) is 9.10. The van der Waals surface area contributed by atoms with E-state index in [2.05, 4.69) is 31.1 Å². The number of unbranched alkanes of at least 4 members (excludes halogenated alkanes) is 2. The molecule has 1 aliphatic rings. The van der Waals surface area contributed by atoms with Crippen molar-refractivity contribution in [3.05, 3.63) is 0 Å². The third-order valence-corrected chi connectivity index (χ3v) is 4.95. The van der Waals surface area contributed by atoms with Crippen molar-refractivity contribution < 1.29 is 4.79 Å². The first-order chi connectivity index (χ1) is 10.1. The Balaban J connectivity index is 2.49. The van der Waals surface area contributed by atoms with Crippen LogP contribution in [0.5, 0.6) is 0 Å². The maximum Gasteiger partial charge on any atom is 0.238 e. The van der Waals surface area contributed by atoms with Crippen LogP contribution >= 0.6 is 0 Å². The topological polar surface area (TPSA) is 58.4 Å². The SMILES string of the molecule is CCCCCN(C)CCC1CCCC1(NCCC)C(N)=O. The number of nitrogens with one attached hydrogen (secondary N) is 1. The normalized spacial score (nSPS) is 25.6. The number of nitrogens with two attached hydrogens (primary N) is 1. The Morgan fingerprint density at radius 3 is 2.67 bits per heavy atom. The predicted molar refractivity (Wildman–Crippen MR) is 89.2 cm³/mol. The average molecular weight is 297 g/mol. The number of amides is 1. The summed E-state index contributed by atoms with van der Waals surface area (Å²) >= 11 is 0. The summed E-state index contributed by atoms with van der Waals surface area (Å²) in [5.41, 5.74) is 5.31. The van der Waals surface area contributed by atoms with E-state index in [1.165, 1.54) is 19.3 Å². The van der Waals surface area contributed by atoms with Crippen LogP contribution in [0.4, 0.5) is 0 Å². The maximum atomic E-state index is 12.0. The molecule has 21 heavy (non-hydrogen) atoms. The Morgan fingerprint density at radius 1 is 1.29 bits per heavy atom. The Hall–Kier alpha value is -0.610. The molecule has 1 fully saturated rings. The van der Waals surface area contributed by atoms with Crippen LogP contribution in [-0.2, 0) is 4.79 Å². The molecule has 2 atom stereocenters. The Bertz CT molecular complexity index is 308. The molecule has 1 amide bonds. The lowest BCUT2D eigenvalue weighted by molar-refractivity contribution is -0.126. The fraction of sp³-hybridized carbons (Fsp3) is 0.941. The number of hydrogen-bond acceptors (Lipinski definition) is 3. The second-order valence-corrected chi connectivity index (χ2v) is 6.65. The number of nitrogens with zero attached hydrogens (tertiary/aromatic N) is 1. The van der Waals surface area contributed by atoms with Gasteiger partial charge in [-0.15, -0.1) is 0 Å². The first-order valence-electron chi connectivity index (χ1n) is 8.80. The minimum absolute atomic E-state index is 0.146. The van der Waals surface area contributed by atoms with Gasteiger partial charge in [0.1, 0.15) is 5.54 Å². The molecule has 0 bridgehead atoms. The molecule has 4 nitrogen and oxygen atoms in total. The van der Waals surface area contributed by atoms with Crippen molar-refractivity contribution in [1.29, 1.82) is 0 Å². The summed E-state index contributed by atoms with van der Waals surface area (Å²) in [4.78, 5) is 14.4. The van der Waals surface area contributed by atoms with Crippen molar-refractivity contribution in [2.75, 3.05) is 26.7 Å². The van der Waals surface area contributed by atoms with E-state index in [4.69, 9.17) is 5.73 Å². The van der Waals surface area contributed by atoms with Crippen molar-refractivity contribution in [3.63, 3.8) is 0 Å². The fourth-order valence-electron chi connectivity index (χ4n) is 3.58. The molecule has 0 saturated heterocycles. The van der Waals surface area contributed by atoms with Crippen molar-refractivity contribution in [1.82, 2.24) is 10.2 Å². The summed E-state index contributed by atoms with van der Waals surface area (Å²) in [6.45, 7) is 7.47. The van der Waals surface area contributed by atoms with E-state index in [1.807, 2.05) is 0 Å². The molecule has 1 rings (SSSR count). The van der Waals surface area contributed by atoms with E-state index < -0.39 is 5.54 Å². The van der Waals surface area contributed by atoms with Gasteiger partial charge in [-0.3, -0.25) is 4.79 Å². The van der Waals surface area contributed by atoms with E-state index in [-0.39, 0.29) is 5.91 Å². The fourth-order valence-corrected chi connectivity index (χ4v) is 3.58. The zero-order chi connectivity index (χ0) is 15.7. The number of carbonyl (C=O) groups is 1. The largest absolute Gasteiger partial charge is 0.368 e. The highest BCUT2D eigenvalue weighted by atomic mass is 16.1. The zero-order valence-electron chi connectivity index (χ0n) is 14.3. The average Bonchev–Trinajstić information content (AvgIpc) is 2.87. The van der Waals surface area contributed by atoms with Crippen LogP contribution in [0.3, 0.4) is 0 Å². The van der Waals surface area contributed by atoms with Crippen LogP contribution in [0.15, 0.2) is 0 Å². The van der Waals surface area contributed by atoms with Gasteiger partial charge in [0.2, 0.25) is 5.91 Å². The molecule has 4 heteroatoms. The van der Waals surface area contributed by atoms with Gasteiger partial charge in [-0.1, -0.05) is 33.1 Å². The van der Waals surface area contributed by atoms with Crippen molar-refractivity contribution in [3.8, 4) is 0 Å². The monoisotopic (exact) mass is 297 g/mol. The minimum atomic E-state index is -0.444. The van der Waals surface area contributed by atoms with Crippen LogP contribution in [0.25, 0.3) is 0 Å². The van der Waals surface area contributed by atoms with Crippen molar-refractivity contribution in [2.45, 2.75) is 70.8 Å². The zero-order valence-corrected chi connectivity index (χ0v) is 14.3. The van der Waals surface area contributed by atoms with Crippen LogP contribution in [0.1, 0.15) is 65.2 Å². The Labute approximate surface area is 130 Å². The molecule has 1 aliphatic carbocycles. The lowest BCUT2D eigenvalue weighted by atomic mass is 9.83. The summed E-state index contributed by atoms with van der Waals surface area (Å²) in [5, 5.41) is 3.48. The molecule has 0 aromatic heterocycles. The number of hydrogen-bond donors (Lipinski definition) is 2. The molecule has 1 saturated carbocycles. The highest BCUT2D eigenvalue weighted by Crippen LogP contribution is 2.38. The smallest absolute Gasteiger partial charge is 0.238 e. The third kappa shape index (κ3) is 5.26. The predicted octanol–water partition coefficient (Wildman–Crippen LogP) is 2.52.